The lowest BCUT2D eigenvalue weighted by molar-refractivity contribution is 0.0269. The number of benzene rings is 1. The highest BCUT2D eigenvalue weighted by Crippen LogP contribution is 2.12. The van der Waals surface area contributed by atoms with E-state index in [1.54, 1.807) is 0 Å². The first-order chi connectivity index (χ1) is 9.67. The molecule has 0 saturated heterocycles. The van der Waals surface area contributed by atoms with Gasteiger partial charge >= 0.3 is 0 Å². The number of ether oxygens (including phenoxy) is 1. The molecular formula is C17H29NO2. The molecule has 1 rings (SSSR count). The number of aliphatic hydroxyl groups excluding tert-OH is 1. The summed E-state index contributed by atoms with van der Waals surface area (Å²) in [7, 11) is 0. The van der Waals surface area contributed by atoms with Crippen molar-refractivity contribution in [3.8, 4) is 0 Å². The van der Waals surface area contributed by atoms with E-state index in [4.69, 9.17) is 4.74 Å². The van der Waals surface area contributed by atoms with Crippen LogP contribution in [0.3, 0.4) is 0 Å². The Hall–Kier alpha value is -0.900. The fraction of sp³-hybridized carbons (Fsp3) is 0.647. The van der Waals surface area contributed by atoms with Crippen molar-refractivity contribution >= 4 is 0 Å². The van der Waals surface area contributed by atoms with Crippen molar-refractivity contribution in [1.82, 2.24) is 5.32 Å². The normalized spacial score (nSPS) is 14.4. The third-order valence-electron chi connectivity index (χ3n) is 3.85. The van der Waals surface area contributed by atoms with Gasteiger partial charge in [-0.2, -0.15) is 0 Å². The van der Waals surface area contributed by atoms with Crippen LogP contribution in [0.25, 0.3) is 0 Å². The molecule has 2 atom stereocenters. The lowest BCUT2D eigenvalue weighted by Crippen LogP contribution is -2.39. The first-order valence-corrected chi connectivity index (χ1v) is 7.70. The average Bonchev–Trinajstić information content (AvgIpc) is 2.47. The number of rotatable bonds is 10. The zero-order valence-corrected chi connectivity index (χ0v) is 13.0. The predicted molar refractivity (Wildman–Crippen MR) is 83.6 cm³/mol. The maximum Gasteiger partial charge on any atom is 0.0897 e. The molecule has 1 aromatic carbocycles. The van der Waals surface area contributed by atoms with Gasteiger partial charge in [0.15, 0.2) is 0 Å². The molecule has 0 aromatic heterocycles. The molecule has 0 saturated carbocycles. The van der Waals surface area contributed by atoms with Gasteiger partial charge in [0.1, 0.15) is 0 Å². The van der Waals surface area contributed by atoms with Gasteiger partial charge in [0, 0.05) is 12.6 Å². The molecule has 0 amide bonds. The minimum absolute atomic E-state index is 0.373. The van der Waals surface area contributed by atoms with E-state index >= 15 is 0 Å². The Labute approximate surface area is 123 Å². The van der Waals surface area contributed by atoms with E-state index < -0.39 is 6.10 Å². The number of hydrogen-bond acceptors (Lipinski definition) is 3. The summed E-state index contributed by atoms with van der Waals surface area (Å²) >= 11 is 0. The third-order valence-corrected chi connectivity index (χ3v) is 3.85. The summed E-state index contributed by atoms with van der Waals surface area (Å²) in [5.74, 6) is 0.674. The van der Waals surface area contributed by atoms with Crippen molar-refractivity contribution in [3.63, 3.8) is 0 Å². The highest BCUT2D eigenvalue weighted by atomic mass is 16.5. The molecule has 0 fully saturated rings. The zero-order valence-electron chi connectivity index (χ0n) is 13.0. The van der Waals surface area contributed by atoms with Crippen LogP contribution in [-0.4, -0.2) is 30.4 Å². The summed E-state index contributed by atoms with van der Waals surface area (Å²) in [6, 6.07) is 10.5. The molecule has 2 N–H and O–H groups in total. The molecule has 0 aliphatic rings. The summed E-state index contributed by atoms with van der Waals surface area (Å²) in [4.78, 5) is 0. The Morgan fingerprint density at radius 3 is 2.40 bits per heavy atom. The lowest BCUT2D eigenvalue weighted by atomic mass is 9.95. The first kappa shape index (κ1) is 17.2. The molecule has 0 aliphatic carbocycles. The number of nitrogens with one attached hydrogen (secondary N) is 1. The maximum absolute atomic E-state index is 9.92. The van der Waals surface area contributed by atoms with Gasteiger partial charge in [0.25, 0.3) is 0 Å². The zero-order chi connectivity index (χ0) is 14.8. The maximum atomic E-state index is 9.92. The molecule has 0 aliphatic heterocycles. The molecule has 114 valence electrons. The highest BCUT2D eigenvalue weighted by molar-refractivity contribution is 5.13. The van der Waals surface area contributed by atoms with Crippen molar-refractivity contribution in [2.24, 2.45) is 5.92 Å². The van der Waals surface area contributed by atoms with Gasteiger partial charge in [-0.15, -0.1) is 0 Å². The SMILES string of the molecule is CCC(CC)C(C)NCC(O)COCc1ccccc1. The fourth-order valence-corrected chi connectivity index (χ4v) is 2.43. The van der Waals surface area contributed by atoms with Crippen molar-refractivity contribution in [1.29, 1.82) is 0 Å². The van der Waals surface area contributed by atoms with Gasteiger partial charge in [-0.25, -0.2) is 0 Å². The van der Waals surface area contributed by atoms with Crippen molar-refractivity contribution in [2.75, 3.05) is 13.2 Å². The summed E-state index contributed by atoms with van der Waals surface area (Å²) in [6.45, 7) is 8.14. The van der Waals surface area contributed by atoms with E-state index in [9.17, 15) is 5.11 Å². The third kappa shape index (κ3) is 6.51. The van der Waals surface area contributed by atoms with Gasteiger partial charge in [-0.3, -0.25) is 0 Å². The Balaban J connectivity index is 2.15. The Kier molecular flexibility index (Phi) is 8.51. The van der Waals surface area contributed by atoms with Gasteiger partial charge in [-0.1, -0.05) is 57.0 Å². The van der Waals surface area contributed by atoms with Crippen LogP contribution in [0.1, 0.15) is 39.2 Å². The van der Waals surface area contributed by atoms with E-state index in [0.717, 1.165) is 5.56 Å². The van der Waals surface area contributed by atoms with Crippen molar-refractivity contribution < 1.29 is 9.84 Å². The minimum Gasteiger partial charge on any atom is -0.389 e. The molecule has 3 nitrogen and oxygen atoms in total. The molecule has 0 spiro atoms. The van der Waals surface area contributed by atoms with E-state index in [-0.39, 0.29) is 0 Å². The molecule has 0 heterocycles. The lowest BCUT2D eigenvalue weighted by Gasteiger charge is -2.24. The number of aliphatic hydroxyl groups is 1. The largest absolute Gasteiger partial charge is 0.389 e. The topological polar surface area (TPSA) is 41.5 Å². The summed E-state index contributed by atoms with van der Waals surface area (Å²) in [5.41, 5.74) is 1.14. The van der Waals surface area contributed by atoms with Crippen LogP contribution in [0, 0.1) is 5.92 Å². The first-order valence-electron chi connectivity index (χ1n) is 7.70. The van der Waals surface area contributed by atoms with E-state index in [1.807, 2.05) is 30.3 Å². The smallest absolute Gasteiger partial charge is 0.0897 e. The van der Waals surface area contributed by atoms with E-state index in [0.29, 0.717) is 31.7 Å². The Morgan fingerprint density at radius 2 is 1.80 bits per heavy atom. The average molecular weight is 279 g/mol. The second-order valence-corrected chi connectivity index (χ2v) is 5.43. The minimum atomic E-state index is -0.449. The molecule has 0 radical (unpaired) electrons. The molecular weight excluding hydrogens is 250 g/mol. The molecule has 1 aromatic rings. The molecule has 3 heteroatoms. The Morgan fingerprint density at radius 1 is 1.15 bits per heavy atom. The summed E-state index contributed by atoms with van der Waals surface area (Å²) in [5, 5.41) is 13.3. The van der Waals surface area contributed by atoms with Crippen LogP contribution in [0.4, 0.5) is 0 Å². The second kappa shape index (κ2) is 9.92. The van der Waals surface area contributed by atoms with Crippen molar-refractivity contribution in [2.45, 2.75) is 52.4 Å². The van der Waals surface area contributed by atoms with Crippen LogP contribution < -0.4 is 5.32 Å². The molecule has 0 bridgehead atoms. The van der Waals surface area contributed by atoms with Crippen LogP contribution in [-0.2, 0) is 11.3 Å². The molecule has 20 heavy (non-hydrogen) atoms. The summed E-state index contributed by atoms with van der Waals surface area (Å²) < 4.78 is 5.54. The second-order valence-electron chi connectivity index (χ2n) is 5.43. The van der Waals surface area contributed by atoms with Gasteiger partial charge < -0.3 is 15.2 Å². The van der Waals surface area contributed by atoms with Gasteiger partial charge in [-0.05, 0) is 18.4 Å². The van der Waals surface area contributed by atoms with Crippen LogP contribution in [0.15, 0.2) is 30.3 Å². The van der Waals surface area contributed by atoms with E-state index in [1.165, 1.54) is 12.8 Å². The number of hydrogen-bond donors (Lipinski definition) is 2. The standard InChI is InChI=1S/C17H29NO2/c1-4-16(5-2)14(3)18-11-17(19)13-20-12-15-9-7-6-8-10-15/h6-10,14,16-19H,4-5,11-13H2,1-3H3. The van der Waals surface area contributed by atoms with Crippen molar-refractivity contribution in [3.05, 3.63) is 35.9 Å². The van der Waals surface area contributed by atoms with Crippen LogP contribution >= 0.6 is 0 Å². The summed E-state index contributed by atoms with van der Waals surface area (Å²) in [6.07, 6.45) is 1.90. The van der Waals surface area contributed by atoms with Crippen LogP contribution in [0.5, 0.6) is 0 Å². The van der Waals surface area contributed by atoms with E-state index in [2.05, 4.69) is 26.1 Å². The van der Waals surface area contributed by atoms with Gasteiger partial charge in [0.2, 0.25) is 0 Å². The predicted octanol–water partition coefficient (Wildman–Crippen LogP) is 2.98. The van der Waals surface area contributed by atoms with Crippen LogP contribution in [0.2, 0.25) is 0 Å². The van der Waals surface area contributed by atoms with Gasteiger partial charge in [0.05, 0.1) is 19.3 Å². The Bertz CT molecular complexity index is 338. The quantitative estimate of drug-likeness (QED) is 0.692. The monoisotopic (exact) mass is 279 g/mol. The fourth-order valence-electron chi connectivity index (χ4n) is 2.43. The molecule has 2 unspecified atom stereocenters. The highest BCUT2D eigenvalue weighted by Gasteiger charge is 2.14.